The Morgan fingerprint density at radius 1 is 1.07 bits per heavy atom. The van der Waals surface area contributed by atoms with Gasteiger partial charge in [-0.25, -0.2) is 0 Å². The van der Waals surface area contributed by atoms with E-state index < -0.39 is 5.54 Å². The summed E-state index contributed by atoms with van der Waals surface area (Å²) in [6.07, 6.45) is 6.41. The summed E-state index contributed by atoms with van der Waals surface area (Å²) in [4.78, 5) is 30.2. The number of hydrogen-bond acceptors (Lipinski definition) is 3. The molecule has 2 saturated heterocycles. The fraction of sp³-hybridized carbons (Fsp3) is 0.636. The Balaban J connectivity index is 0.00000225. The van der Waals surface area contributed by atoms with Crippen LogP contribution in [0.25, 0.3) is 0 Å². The van der Waals surface area contributed by atoms with Crippen LogP contribution >= 0.6 is 12.4 Å². The second-order valence-electron chi connectivity index (χ2n) is 8.62. The van der Waals surface area contributed by atoms with Gasteiger partial charge in [0.25, 0.3) is 5.91 Å². The molecule has 3 fully saturated rings. The highest BCUT2D eigenvalue weighted by Gasteiger charge is 2.48. The molecule has 6 heteroatoms. The predicted octanol–water partition coefficient (Wildman–Crippen LogP) is 3.09. The van der Waals surface area contributed by atoms with Gasteiger partial charge in [0, 0.05) is 31.2 Å². The highest BCUT2D eigenvalue weighted by atomic mass is 35.5. The van der Waals surface area contributed by atoms with Gasteiger partial charge < -0.3 is 15.1 Å². The van der Waals surface area contributed by atoms with Crippen LogP contribution in [0.5, 0.6) is 0 Å². The zero-order valence-electron chi connectivity index (χ0n) is 16.7. The fourth-order valence-corrected chi connectivity index (χ4v) is 4.53. The summed E-state index contributed by atoms with van der Waals surface area (Å²) < 4.78 is 0. The normalized spacial score (nSPS) is 25.5. The maximum atomic E-state index is 13.4. The van der Waals surface area contributed by atoms with Gasteiger partial charge in [0.2, 0.25) is 5.91 Å². The van der Waals surface area contributed by atoms with E-state index in [2.05, 4.69) is 5.32 Å². The molecule has 0 bridgehead atoms. The number of benzene rings is 1. The number of amides is 2. The topological polar surface area (TPSA) is 52.7 Å². The molecule has 3 aliphatic rings. The third kappa shape index (κ3) is 4.36. The number of halogens is 1. The molecule has 5 nitrogen and oxygen atoms in total. The molecule has 1 aromatic carbocycles. The maximum absolute atomic E-state index is 13.4. The maximum Gasteiger partial charge on any atom is 0.254 e. The van der Waals surface area contributed by atoms with Crippen molar-refractivity contribution in [3.05, 3.63) is 35.9 Å². The Morgan fingerprint density at radius 3 is 2.39 bits per heavy atom. The summed E-state index contributed by atoms with van der Waals surface area (Å²) in [5.41, 5.74) is -0.0392. The number of likely N-dealkylation sites (tertiary alicyclic amines) is 2. The molecule has 1 atom stereocenters. The first-order valence-corrected chi connectivity index (χ1v) is 10.5. The van der Waals surface area contributed by atoms with E-state index in [1.54, 1.807) is 0 Å². The quantitative estimate of drug-likeness (QED) is 0.818. The Bertz CT molecular complexity index is 686. The lowest BCUT2D eigenvalue weighted by Crippen LogP contribution is -2.58. The molecule has 2 aliphatic heterocycles. The van der Waals surface area contributed by atoms with Gasteiger partial charge >= 0.3 is 0 Å². The minimum absolute atomic E-state index is 0. The second kappa shape index (κ2) is 8.83. The first kappa shape index (κ1) is 21.1. The second-order valence-corrected chi connectivity index (χ2v) is 8.62. The van der Waals surface area contributed by atoms with Gasteiger partial charge in [-0.15, -0.1) is 12.4 Å². The molecular weight excluding hydrogens is 374 g/mol. The van der Waals surface area contributed by atoms with E-state index in [-0.39, 0.29) is 24.2 Å². The highest BCUT2D eigenvalue weighted by molar-refractivity contribution is 5.99. The molecule has 0 radical (unpaired) electrons. The monoisotopic (exact) mass is 405 g/mol. The molecule has 1 N–H and O–H groups in total. The zero-order chi connectivity index (χ0) is 18.9. The predicted molar refractivity (Wildman–Crippen MR) is 113 cm³/mol. The van der Waals surface area contributed by atoms with Gasteiger partial charge in [-0.1, -0.05) is 18.2 Å². The van der Waals surface area contributed by atoms with Crippen LogP contribution in [-0.2, 0) is 4.79 Å². The van der Waals surface area contributed by atoms with E-state index in [4.69, 9.17) is 0 Å². The molecule has 1 saturated carbocycles. The highest BCUT2D eigenvalue weighted by Crippen LogP contribution is 2.33. The van der Waals surface area contributed by atoms with Gasteiger partial charge in [-0.3, -0.25) is 9.59 Å². The fourth-order valence-electron chi connectivity index (χ4n) is 4.53. The van der Waals surface area contributed by atoms with E-state index in [1.165, 1.54) is 12.8 Å². The molecule has 1 aliphatic carbocycles. The summed E-state index contributed by atoms with van der Waals surface area (Å²) in [6.45, 7) is 5.35. The number of rotatable bonds is 5. The van der Waals surface area contributed by atoms with Crippen molar-refractivity contribution in [2.24, 2.45) is 5.92 Å². The van der Waals surface area contributed by atoms with Crippen molar-refractivity contribution in [2.45, 2.75) is 57.0 Å². The Hall–Kier alpha value is -1.59. The van der Waals surface area contributed by atoms with Crippen LogP contribution in [0.4, 0.5) is 0 Å². The van der Waals surface area contributed by atoms with E-state index in [0.717, 1.165) is 51.2 Å². The molecule has 4 rings (SSSR count). The van der Waals surface area contributed by atoms with E-state index in [1.807, 2.05) is 47.1 Å². The molecule has 28 heavy (non-hydrogen) atoms. The molecule has 1 unspecified atom stereocenters. The van der Waals surface area contributed by atoms with Gasteiger partial charge in [0.05, 0.1) is 0 Å². The van der Waals surface area contributed by atoms with Gasteiger partial charge in [-0.2, -0.15) is 0 Å². The molecule has 154 valence electrons. The molecule has 0 aromatic heterocycles. The largest absolute Gasteiger partial charge is 0.341 e. The van der Waals surface area contributed by atoms with Crippen LogP contribution in [0.2, 0.25) is 0 Å². The number of piperidine rings is 1. The SMILES string of the molecule is CC1(C(=O)N2CCC(NCC3CC3)CC2)CCCN1C(=O)c1ccccc1.Cl. The molecular formula is C22H32ClN3O2. The average Bonchev–Trinajstić information content (AvgIpc) is 3.46. The molecule has 1 aromatic rings. The summed E-state index contributed by atoms with van der Waals surface area (Å²) in [5.74, 6) is 0.995. The molecule has 2 heterocycles. The van der Waals surface area contributed by atoms with E-state index in [0.29, 0.717) is 18.2 Å². The summed E-state index contributed by atoms with van der Waals surface area (Å²) in [6, 6.07) is 9.87. The minimum Gasteiger partial charge on any atom is -0.341 e. The van der Waals surface area contributed by atoms with Crippen LogP contribution in [0.3, 0.4) is 0 Å². The van der Waals surface area contributed by atoms with Crippen LogP contribution in [0.1, 0.15) is 55.8 Å². The van der Waals surface area contributed by atoms with Crippen molar-refractivity contribution in [1.29, 1.82) is 0 Å². The number of carbonyl (C=O) groups excluding carboxylic acids is 2. The number of carbonyl (C=O) groups is 2. The van der Waals surface area contributed by atoms with Crippen LogP contribution in [0, 0.1) is 5.92 Å². The number of nitrogens with zero attached hydrogens (tertiary/aromatic N) is 2. The molecule has 2 amide bonds. The minimum atomic E-state index is -0.707. The Morgan fingerprint density at radius 2 is 1.75 bits per heavy atom. The first-order valence-electron chi connectivity index (χ1n) is 10.5. The summed E-state index contributed by atoms with van der Waals surface area (Å²) in [5, 5.41) is 3.67. The van der Waals surface area contributed by atoms with Gasteiger partial charge in [-0.05, 0) is 70.0 Å². The lowest BCUT2D eigenvalue weighted by atomic mass is 9.94. The molecule has 0 spiro atoms. The van der Waals surface area contributed by atoms with Gasteiger partial charge in [0.15, 0.2) is 0 Å². The van der Waals surface area contributed by atoms with Crippen molar-refractivity contribution in [2.75, 3.05) is 26.2 Å². The smallest absolute Gasteiger partial charge is 0.254 e. The van der Waals surface area contributed by atoms with Crippen molar-refractivity contribution >= 4 is 24.2 Å². The van der Waals surface area contributed by atoms with E-state index in [9.17, 15) is 9.59 Å². The van der Waals surface area contributed by atoms with Crippen molar-refractivity contribution in [3.8, 4) is 0 Å². The number of nitrogens with one attached hydrogen (secondary N) is 1. The first-order chi connectivity index (χ1) is 13.1. The zero-order valence-corrected chi connectivity index (χ0v) is 17.5. The standard InChI is InChI=1S/C22H31N3O2.ClH/c1-22(12-5-13-25(22)20(26)18-6-3-2-4-7-18)21(27)24-14-10-19(11-15-24)23-16-17-8-9-17;/h2-4,6-7,17,19,23H,5,8-16H2,1H3;1H. The van der Waals surface area contributed by atoms with Crippen molar-refractivity contribution < 1.29 is 9.59 Å². The van der Waals surface area contributed by atoms with Crippen molar-refractivity contribution in [1.82, 2.24) is 15.1 Å². The third-order valence-corrected chi connectivity index (χ3v) is 6.54. The van der Waals surface area contributed by atoms with Gasteiger partial charge in [0.1, 0.15) is 5.54 Å². The average molecular weight is 406 g/mol. The van der Waals surface area contributed by atoms with Crippen LogP contribution in [0.15, 0.2) is 30.3 Å². The lowest BCUT2D eigenvalue weighted by Gasteiger charge is -2.41. The number of hydrogen-bond donors (Lipinski definition) is 1. The van der Waals surface area contributed by atoms with Crippen LogP contribution in [-0.4, -0.2) is 59.4 Å². The Labute approximate surface area is 174 Å². The third-order valence-electron chi connectivity index (χ3n) is 6.54. The summed E-state index contributed by atoms with van der Waals surface area (Å²) in [7, 11) is 0. The Kier molecular flexibility index (Phi) is 6.66. The summed E-state index contributed by atoms with van der Waals surface area (Å²) >= 11 is 0. The lowest BCUT2D eigenvalue weighted by molar-refractivity contribution is -0.142. The van der Waals surface area contributed by atoms with Crippen molar-refractivity contribution in [3.63, 3.8) is 0 Å². The van der Waals surface area contributed by atoms with E-state index >= 15 is 0 Å². The van der Waals surface area contributed by atoms with Crippen LogP contribution < -0.4 is 5.32 Å².